The maximum absolute atomic E-state index is 12.4. The van der Waals surface area contributed by atoms with Gasteiger partial charge >= 0.3 is 0 Å². The second-order valence-corrected chi connectivity index (χ2v) is 6.01. The first-order valence-corrected chi connectivity index (χ1v) is 7.95. The van der Waals surface area contributed by atoms with Gasteiger partial charge in [0, 0.05) is 7.05 Å². The molecule has 1 amide bonds. The minimum absolute atomic E-state index is 0.0227. The number of nitrogens with zero attached hydrogens (tertiary/aromatic N) is 4. The largest absolute Gasteiger partial charge is 0.348 e. The van der Waals surface area contributed by atoms with E-state index in [1.54, 1.807) is 11.2 Å². The minimum atomic E-state index is -0.0227. The van der Waals surface area contributed by atoms with Crippen molar-refractivity contribution in [3.8, 4) is 0 Å². The number of H-pyrrole nitrogens is 1. The molecule has 0 aliphatic heterocycles. The number of hydrogen-bond acceptors (Lipinski definition) is 5. The summed E-state index contributed by atoms with van der Waals surface area (Å²) in [6.07, 6.45) is 5.00. The highest BCUT2D eigenvalue weighted by atomic mass is 16.2. The fourth-order valence-electron chi connectivity index (χ4n) is 3.28. The molecular formula is C17H18N6O. The Morgan fingerprint density at radius 1 is 1.33 bits per heavy atom. The molecule has 0 saturated heterocycles. The van der Waals surface area contributed by atoms with Crippen LogP contribution in [0.4, 0.5) is 5.82 Å². The smallest absolute Gasteiger partial charge is 0.240 e. The Morgan fingerprint density at radius 2 is 2.21 bits per heavy atom. The third kappa shape index (κ3) is 2.58. The molecule has 2 N–H and O–H groups in total. The van der Waals surface area contributed by atoms with Gasteiger partial charge in [-0.25, -0.2) is 15.0 Å². The SMILES string of the molecule is CN(CC(=O)N[C@H]1CCc2ccccc21)c1ncnc2nc[nH]c12. The molecule has 24 heavy (non-hydrogen) atoms. The number of rotatable bonds is 4. The van der Waals surface area contributed by atoms with Crippen LogP contribution in [0.5, 0.6) is 0 Å². The molecule has 7 heteroatoms. The van der Waals surface area contributed by atoms with E-state index >= 15 is 0 Å². The number of carbonyl (C=O) groups excluding carboxylic acids is 1. The summed E-state index contributed by atoms with van der Waals surface area (Å²) in [6.45, 7) is 0.226. The highest BCUT2D eigenvalue weighted by Gasteiger charge is 2.24. The predicted molar refractivity (Wildman–Crippen MR) is 90.6 cm³/mol. The van der Waals surface area contributed by atoms with Crippen LogP contribution in [0.25, 0.3) is 11.2 Å². The van der Waals surface area contributed by atoms with E-state index in [0.717, 1.165) is 18.4 Å². The van der Waals surface area contributed by atoms with Crippen molar-refractivity contribution in [1.82, 2.24) is 25.3 Å². The quantitative estimate of drug-likeness (QED) is 0.762. The molecule has 2 heterocycles. The Hall–Kier alpha value is -2.96. The lowest BCUT2D eigenvalue weighted by Crippen LogP contribution is -2.37. The minimum Gasteiger partial charge on any atom is -0.348 e. The first kappa shape index (κ1) is 14.6. The van der Waals surface area contributed by atoms with Crippen LogP contribution in [0.1, 0.15) is 23.6 Å². The van der Waals surface area contributed by atoms with Gasteiger partial charge in [0.2, 0.25) is 5.91 Å². The van der Waals surface area contributed by atoms with E-state index in [-0.39, 0.29) is 18.5 Å². The van der Waals surface area contributed by atoms with E-state index in [0.29, 0.717) is 11.5 Å². The normalized spacial score (nSPS) is 16.1. The monoisotopic (exact) mass is 322 g/mol. The zero-order valence-corrected chi connectivity index (χ0v) is 13.4. The van der Waals surface area contributed by atoms with Crippen molar-refractivity contribution < 1.29 is 4.79 Å². The van der Waals surface area contributed by atoms with Crippen LogP contribution >= 0.6 is 0 Å². The van der Waals surface area contributed by atoms with Gasteiger partial charge in [-0.3, -0.25) is 4.79 Å². The molecule has 1 aromatic carbocycles. The molecule has 0 fully saturated rings. The van der Waals surface area contributed by atoms with Gasteiger partial charge in [0.1, 0.15) is 11.8 Å². The van der Waals surface area contributed by atoms with Gasteiger partial charge < -0.3 is 15.2 Å². The van der Waals surface area contributed by atoms with Gasteiger partial charge in [0.25, 0.3) is 0 Å². The zero-order chi connectivity index (χ0) is 16.5. The predicted octanol–water partition coefficient (Wildman–Crippen LogP) is 1.59. The van der Waals surface area contributed by atoms with Gasteiger partial charge in [0.15, 0.2) is 11.5 Å². The molecule has 0 radical (unpaired) electrons. The number of nitrogens with one attached hydrogen (secondary N) is 2. The summed E-state index contributed by atoms with van der Waals surface area (Å²) in [5.41, 5.74) is 3.88. The number of carbonyl (C=O) groups is 1. The molecule has 4 rings (SSSR count). The Morgan fingerprint density at radius 3 is 3.12 bits per heavy atom. The molecule has 0 spiro atoms. The number of fused-ring (bicyclic) bond motifs is 2. The van der Waals surface area contributed by atoms with Crippen LogP contribution in [0, 0.1) is 0 Å². The fourth-order valence-corrected chi connectivity index (χ4v) is 3.28. The van der Waals surface area contributed by atoms with Gasteiger partial charge in [-0.05, 0) is 24.0 Å². The van der Waals surface area contributed by atoms with E-state index in [2.05, 4.69) is 37.4 Å². The Balaban J connectivity index is 1.46. The highest BCUT2D eigenvalue weighted by molar-refractivity contribution is 5.87. The van der Waals surface area contributed by atoms with E-state index in [1.807, 2.05) is 19.2 Å². The summed E-state index contributed by atoms with van der Waals surface area (Å²) in [7, 11) is 1.84. The number of amides is 1. The summed E-state index contributed by atoms with van der Waals surface area (Å²) < 4.78 is 0. The number of anilines is 1. The van der Waals surface area contributed by atoms with Gasteiger partial charge in [-0.1, -0.05) is 24.3 Å². The molecule has 1 aliphatic carbocycles. The lowest BCUT2D eigenvalue weighted by atomic mass is 10.1. The van der Waals surface area contributed by atoms with Crippen molar-refractivity contribution in [2.75, 3.05) is 18.5 Å². The van der Waals surface area contributed by atoms with Crippen LogP contribution < -0.4 is 10.2 Å². The number of imidazole rings is 1. The molecule has 0 bridgehead atoms. The van der Waals surface area contributed by atoms with E-state index in [4.69, 9.17) is 0 Å². The second kappa shape index (κ2) is 5.92. The Labute approximate surface area is 139 Å². The van der Waals surface area contributed by atoms with Crippen LogP contribution in [-0.2, 0) is 11.2 Å². The van der Waals surface area contributed by atoms with E-state index < -0.39 is 0 Å². The number of benzene rings is 1. The van der Waals surface area contributed by atoms with Crippen molar-refractivity contribution in [1.29, 1.82) is 0 Å². The summed E-state index contributed by atoms with van der Waals surface area (Å²) in [5, 5.41) is 3.13. The number of aromatic amines is 1. The van der Waals surface area contributed by atoms with Crippen LogP contribution in [0.3, 0.4) is 0 Å². The summed E-state index contributed by atoms with van der Waals surface area (Å²) in [4.78, 5) is 29.7. The second-order valence-electron chi connectivity index (χ2n) is 6.01. The standard InChI is InChI=1S/C17H18N6O/c1-23(17-15-16(19-9-18-15)20-10-21-17)8-14(24)22-13-7-6-11-4-2-3-5-12(11)13/h2-5,9-10,13H,6-8H2,1H3,(H,22,24)(H,18,19,20,21)/t13-/m0/s1. The molecule has 0 saturated carbocycles. The summed E-state index contributed by atoms with van der Waals surface area (Å²) in [5.74, 6) is 0.643. The fraction of sp³-hybridized carbons (Fsp3) is 0.294. The van der Waals surface area contributed by atoms with E-state index in [1.165, 1.54) is 17.5 Å². The van der Waals surface area contributed by atoms with Crippen molar-refractivity contribution in [2.24, 2.45) is 0 Å². The average molecular weight is 322 g/mol. The molecule has 3 aromatic rings. The molecule has 1 aliphatic rings. The number of aryl methyl sites for hydroxylation is 1. The van der Waals surface area contributed by atoms with E-state index in [9.17, 15) is 4.79 Å². The third-order valence-electron chi connectivity index (χ3n) is 4.41. The Bertz CT molecular complexity index is 889. The summed E-state index contributed by atoms with van der Waals surface area (Å²) in [6, 6.07) is 8.38. The number of hydrogen-bond donors (Lipinski definition) is 2. The van der Waals surface area contributed by atoms with Crippen LogP contribution in [0.2, 0.25) is 0 Å². The number of aromatic nitrogens is 4. The van der Waals surface area contributed by atoms with Gasteiger partial charge in [0.05, 0.1) is 18.9 Å². The molecule has 122 valence electrons. The van der Waals surface area contributed by atoms with Crippen molar-refractivity contribution in [3.05, 3.63) is 48.0 Å². The lowest BCUT2D eigenvalue weighted by Gasteiger charge is -2.20. The lowest BCUT2D eigenvalue weighted by molar-refractivity contribution is -0.120. The molecule has 2 aromatic heterocycles. The average Bonchev–Trinajstić information content (AvgIpc) is 3.21. The van der Waals surface area contributed by atoms with Gasteiger partial charge in [-0.2, -0.15) is 0 Å². The van der Waals surface area contributed by atoms with Crippen LogP contribution in [-0.4, -0.2) is 39.4 Å². The van der Waals surface area contributed by atoms with Crippen LogP contribution in [0.15, 0.2) is 36.9 Å². The summed E-state index contributed by atoms with van der Waals surface area (Å²) >= 11 is 0. The number of likely N-dealkylation sites (N-methyl/N-ethyl adjacent to an activating group) is 1. The Kier molecular flexibility index (Phi) is 3.60. The molecule has 1 atom stereocenters. The van der Waals surface area contributed by atoms with Crippen molar-refractivity contribution in [3.63, 3.8) is 0 Å². The highest BCUT2D eigenvalue weighted by Crippen LogP contribution is 2.30. The zero-order valence-electron chi connectivity index (χ0n) is 13.4. The first-order valence-electron chi connectivity index (χ1n) is 7.95. The maximum Gasteiger partial charge on any atom is 0.240 e. The molecule has 7 nitrogen and oxygen atoms in total. The molecular weight excluding hydrogens is 304 g/mol. The first-order chi connectivity index (χ1) is 11.7. The molecule has 0 unspecified atom stereocenters. The third-order valence-corrected chi connectivity index (χ3v) is 4.41. The maximum atomic E-state index is 12.4. The van der Waals surface area contributed by atoms with Crippen molar-refractivity contribution >= 4 is 22.9 Å². The van der Waals surface area contributed by atoms with Crippen molar-refractivity contribution in [2.45, 2.75) is 18.9 Å². The van der Waals surface area contributed by atoms with Gasteiger partial charge in [-0.15, -0.1) is 0 Å². The topological polar surface area (TPSA) is 86.8 Å².